The first kappa shape index (κ1) is 13.5. The van der Waals surface area contributed by atoms with Gasteiger partial charge < -0.3 is 4.42 Å². The third-order valence-electron chi connectivity index (χ3n) is 2.93. The lowest BCUT2D eigenvalue weighted by Crippen LogP contribution is -2.20. The van der Waals surface area contributed by atoms with E-state index in [-0.39, 0.29) is 17.1 Å². The van der Waals surface area contributed by atoms with Crippen LogP contribution in [0.1, 0.15) is 25.4 Å². The molecule has 7 heteroatoms. The molecule has 6 nitrogen and oxygen atoms in total. The van der Waals surface area contributed by atoms with E-state index in [1.165, 1.54) is 11.3 Å². The maximum Gasteiger partial charge on any atom is 0.292 e. The molecule has 21 heavy (non-hydrogen) atoms. The molecule has 3 heterocycles. The minimum absolute atomic E-state index is 0.0798. The summed E-state index contributed by atoms with van der Waals surface area (Å²) < 4.78 is 7.27. The molecule has 0 atom stereocenters. The molecule has 0 radical (unpaired) electrons. The lowest BCUT2D eigenvalue weighted by molar-refractivity contribution is 0.436. The zero-order valence-corrected chi connectivity index (χ0v) is 12.3. The van der Waals surface area contributed by atoms with Gasteiger partial charge >= 0.3 is 0 Å². The molecule has 0 bridgehead atoms. The molecule has 0 fully saturated rings. The minimum atomic E-state index is -0.300. The van der Waals surface area contributed by atoms with Gasteiger partial charge in [0.15, 0.2) is 5.89 Å². The van der Waals surface area contributed by atoms with Crippen LogP contribution in [0.2, 0.25) is 0 Å². The van der Waals surface area contributed by atoms with Crippen molar-refractivity contribution >= 4 is 21.4 Å². The van der Waals surface area contributed by atoms with Crippen molar-refractivity contribution < 1.29 is 4.42 Å². The molecule has 3 aromatic rings. The Morgan fingerprint density at radius 1 is 1.52 bits per heavy atom. The molecule has 0 saturated heterocycles. The SMILES string of the molecule is CC(C)Cc1nc(C#N)c(-n2ncc3ccsc3c2=O)o1. The van der Waals surface area contributed by atoms with E-state index in [1.54, 1.807) is 6.20 Å². The van der Waals surface area contributed by atoms with Gasteiger partial charge in [-0.25, -0.2) is 4.98 Å². The van der Waals surface area contributed by atoms with Gasteiger partial charge in [-0.1, -0.05) is 13.8 Å². The lowest BCUT2D eigenvalue weighted by atomic mass is 10.1. The zero-order valence-electron chi connectivity index (χ0n) is 11.5. The fourth-order valence-corrected chi connectivity index (χ4v) is 2.81. The predicted octanol–water partition coefficient (Wildman–Crippen LogP) is 2.51. The average molecular weight is 300 g/mol. The van der Waals surface area contributed by atoms with Gasteiger partial charge in [0.05, 0.1) is 6.20 Å². The van der Waals surface area contributed by atoms with Gasteiger partial charge in [-0.2, -0.15) is 15.0 Å². The first-order valence-electron chi connectivity index (χ1n) is 6.46. The molecule has 0 aliphatic carbocycles. The van der Waals surface area contributed by atoms with E-state index < -0.39 is 0 Å². The molecular formula is C14H12N4O2S. The number of hydrogen-bond donors (Lipinski definition) is 0. The molecule has 0 spiro atoms. The highest BCUT2D eigenvalue weighted by molar-refractivity contribution is 7.17. The maximum atomic E-state index is 12.4. The fourth-order valence-electron chi connectivity index (χ4n) is 2.02. The van der Waals surface area contributed by atoms with Crippen molar-refractivity contribution in [2.75, 3.05) is 0 Å². The summed E-state index contributed by atoms with van der Waals surface area (Å²) in [6, 6.07) is 3.78. The summed E-state index contributed by atoms with van der Waals surface area (Å²) in [7, 11) is 0. The highest BCUT2D eigenvalue weighted by Gasteiger charge is 2.19. The molecule has 0 saturated carbocycles. The topological polar surface area (TPSA) is 84.7 Å². The van der Waals surface area contributed by atoms with Crippen LogP contribution < -0.4 is 5.56 Å². The van der Waals surface area contributed by atoms with E-state index in [2.05, 4.69) is 10.1 Å². The first-order chi connectivity index (χ1) is 10.1. The van der Waals surface area contributed by atoms with Gasteiger partial charge in [-0.3, -0.25) is 4.79 Å². The van der Waals surface area contributed by atoms with Crippen molar-refractivity contribution in [2.24, 2.45) is 5.92 Å². The second kappa shape index (κ2) is 5.14. The summed E-state index contributed by atoms with van der Waals surface area (Å²) >= 11 is 1.34. The Kier molecular flexibility index (Phi) is 3.31. The minimum Gasteiger partial charge on any atom is -0.421 e. The molecule has 0 aliphatic heterocycles. The van der Waals surface area contributed by atoms with E-state index in [9.17, 15) is 10.1 Å². The Labute approximate surface area is 124 Å². The maximum absolute atomic E-state index is 12.4. The third kappa shape index (κ3) is 2.34. The number of fused-ring (bicyclic) bond motifs is 1. The van der Waals surface area contributed by atoms with Crippen LogP contribution in [-0.4, -0.2) is 14.8 Å². The molecule has 0 N–H and O–H groups in total. The molecule has 0 unspecified atom stereocenters. The summed E-state index contributed by atoms with van der Waals surface area (Å²) in [5.74, 6) is 0.873. The number of aromatic nitrogens is 3. The van der Waals surface area contributed by atoms with Gasteiger partial charge in [-0.05, 0) is 17.4 Å². The third-order valence-corrected chi connectivity index (χ3v) is 3.85. The molecule has 3 aromatic heterocycles. The number of rotatable bonds is 3. The Morgan fingerprint density at radius 3 is 3.05 bits per heavy atom. The van der Waals surface area contributed by atoms with E-state index in [1.807, 2.05) is 31.4 Å². The predicted molar refractivity (Wildman–Crippen MR) is 78.5 cm³/mol. The summed E-state index contributed by atoms with van der Waals surface area (Å²) in [5.41, 5.74) is -0.220. The number of hydrogen-bond acceptors (Lipinski definition) is 6. The Bertz CT molecular complexity index is 898. The van der Waals surface area contributed by atoms with Crippen LogP contribution in [0.3, 0.4) is 0 Å². The van der Waals surface area contributed by atoms with Gasteiger partial charge in [0.1, 0.15) is 10.8 Å². The Morgan fingerprint density at radius 2 is 2.33 bits per heavy atom. The van der Waals surface area contributed by atoms with Crippen LogP contribution in [0.5, 0.6) is 0 Å². The van der Waals surface area contributed by atoms with Crippen LogP contribution in [0.25, 0.3) is 16.0 Å². The van der Waals surface area contributed by atoms with E-state index in [4.69, 9.17) is 4.42 Å². The van der Waals surface area contributed by atoms with Crippen molar-refractivity contribution in [3.05, 3.63) is 39.6 Å². The quantitative estimate of drug-likeness (QED) is 0.742. The molecule has 106 valence electrons. The van der Waals surface area contributed by atoms with Crippen molar-refractivity contribution in [1.82, 2.24) is 14.8 Å². The average Bonchev–Trinajstić information content (AvgIpc) is 3.05. The second-order valence-electron chi connectivity index (χ2n) is 5.04. The summed E-state index contributed by atoms with van der Waals surface area (Å²) in [6.07, 6.45) is 2.18. The van der Waals surface area contributed by atoms with Gasteiger partial charge in [0, 0.05) is 11.8 Å². The van der Waals surface area contributed by atoms with Crippen LogP contribution in [0.15, 0.2) is 26.9 Å². The fraction of sp³-hybridized carbons (Fsp3) is 0.286. The van der Waals surface area contributed by atoms with Crippen LogP contribution in [-0.2, 0) is 6.42 Å². The monoisotopic (exact) mass is 300 g/mol. The molecule has 3 rings (SSSR count). The zero-order chi connectivity index (χ0) is 15.0. The standard InChI is InChI=1S/C14H12N4O2S/c1-8(2)5-11-17-10(6-15)14(20-11)18-13(19)12-9(7-16-18)3-4-21-12/h3-4,7-8H,5H2,1-2H3. The summed E-state index contributed by atoms with van der Waals surface area (Å²) in [5, 5.41) is 15.9. The summed E-state index contributed by atoms with van der Waals surface area (Å²) in [4.78, 5) is 16.5. The van der Waals surface area contributed by atoms with Gasteiger partial charge in [0.25, 0.3) is 11.4 Å². The lowest BCUT2D eigenvalue weighted by Gasteiger charge is -2.00. The van der Waals surface area contributed by atoms with E-state index >= 15 is 0 Å². The van der Waals surface area contributed by atoms with Crippen molar-refractivity contribution in [3.63, 3.8) is 0 Å². The van der Waals surface area contributed by atoms with Gasteiger partial charge in [-0.15, -0.1) is 11.3 Å². The first-order valence-corrected chi connectivity index (χ1v) is 7.34. The normalized spacial score (nSPS) is 11.1. The van der Waals surface area contributed by atoms with Crippen molar-refractivity contribution in [2.45, 2.75) is 20.3 Å². The molecule has 0 aliphatic rings. The molecule has 0 aromatic carbocycles. The summed E-state index contributed by atoms with van der Waals surface area (Å²) in [6.45, 7) is 4.05. The van der Waals surface area contributed by atoms with Crippen molar-refractivity contribution in [1.29, 1.82) is 5.26 Å². The number of oxazole rings is 1. The highest BCUT2D eigenvalue weighted by atomic mass is 32.1. The number of nitrogens with zero attached hydrogens (tertiary/aromatic N) is 4. The largest absolute Gasteiger partial charge is 0.421 e. The second-order valence-corrected chi connectivity index (χ2v) is 5.95. The van der Waals surface area contributed by atoms with Crippen LogP contribution in [0, 0.1) is 17.2 Å². The highest BCUT2D eigenvalue weighted by Crippen LogP contribution is 2.19. The van der Waals surface area contributed by atoms with E-state index in [0.29, 0.717) is 22.9 Å². The smallest absolute Gasteiger partial charge is 0.292 e. The van der Waals surface area contributed by atoms with Crippen LogP contribution >= 0.6 is 11.3 Å². The number of nitriles is 1. The molecule has 0 amide bonds. The Hall–Kier alpha value is -2.46. The number of thiophene rings is 1. The van der Waals surface area contributed by atoms with Crippen LogP contribution in [0.4, 0.5) is 0 Å². The Balaban J connectivity index is 2.18. The molecular weight excluding hydrogens is 288 g/mol. The van der Waals surface area contributed by atoms with Crippen molar-refractivity contribution in [3.8, 4) is 12.0 Å². The van der Waals surface area contributed by atoms with E-state index in [0.717, 1.165) is 10.1 Å². The van der Waals surface area contributed by atoms with Gasteiger partial charge in [0.2, 0.25) is 5.69 Å².